The molecule has 1 rings (SSSR count). The molecular weight excluding hydrogens is 215 g/mol. The van der Waals surface area contributed by atoms with Gasteiger partial charge in [-0.25, -0.2) is 9.18 Å². The number of aliphatic carboxylic acids is 1. The van der Waals surface area contributed by atoms with E-state index in [1.54, 1.807) is 0 Å². The van der Waals surface area contributed by atoms with Crippen molar-refractivity contribution < 1.29 is 19.1 Å². The molecular formula is C10H19FN2O3. The lowest BCUT2D eigenvalue weighted by atomic mass is 10.1. The van der Waals surface area contributed by atoms with Gasteiger partial charge in [-0.3, -0.25) is 9.74 Å². The number of carboxylic acids is 1. The summed E-state index contributed by atoms with van der Waals surface area (Å²) in [7, 11) is 0. The molecule has 0 spiro atoms. The number of piperidine rings is 1. The summed E-state index contributed by atoms with van der Waals surface area (Å²) < 4.78 is 12.6. The molecule has 1 aliphatic heterocycles. The average molecular weight is 234 g/mol. The summed E-state index contributed by atoms with van der Waals surface area (Å²) in [5, 5.41) is 8.30. The van der Waals surface area contributed by atoms with Crippen LogP contribution in [-0.2, 0) is 9.63 Å². The van der Waals surface area contributed by atoms with Crippen LogP contribution in [0.5, 0.6) is 0 Å². The van der Waals surface area contributed by atoms with Crippen LogP contribution in [0.2, 0.25) is 0 Å². The van der Waals surface area contributed by atoms with E-state index in [2.05, 4.69) is 29.1 Å². The Morgan fingerprint density at radius 3 is 2.88 bits per heavy atom. The van der Waals surface area contributed by atoms with E-state index in [-0.39, 0.29) is 6.04 Å². The fourth-order valence-corrected chi connectivity index (χ4v) is 1.78. The molecule has 2 N–H and O–H groups in total. The van der Waals surface area contributed by atoms with Crippen molar-refractivity contribution in [1.82, 2.24) is 10.4 Å². The van der Waals surface area contributed by atoms with E-state index >= 15 is 0 Å². The molecule has 1 heterocycles. The van der Waals surface area contributed by atoms with Gasteiger partial charge in [0.15, 0.2) is 0 Å². The lowest BCUT2D eigenvalue weighted by molar-refractivity contribution is -0.177. The highest BCUT2D eigenvalue weighted by Crippen LogP contribution is 2.13. The lowest BCUT2D eigenvalue weighted by Crippen LogP contribution is -2.49. The predicted molar refractivity (Wildman–Crippen MR) is 56.5 cm³/mol. The number of likely N-dealkylation sites (tertiary alicyclic amines) is 1. The third kappa shape index (κ3) is 4.03. The van der Waals surface area contributed by atoms with Gasteiger partial charge in [0.2, 0.25) is 0 Å². The van der Waals surface area contributed by atoms with E-state index in [9.17, 15) is 9.18 Å². The number of halogens is 1. The van der Waals surface area contributed by atoms with Gasteiger partial charge < -0.3 is 5.11 Å². The highest BCUT2D eigenvalue weighted by atomic mass is 19.1. The standard InChI is InChI=1S/C10H19FN2O3/c1-7(2)13-5-3-4-8(6-13)12-16-9(11)10(14)15/h7-9,12H,3-6H2,1-2H3,(H,14,15). The van der Waals surface area contributed by atoms with Gasteiger partial charge in [-0.15, -0.1) is 0 Å². The Balaban J connectivity index is 2.29. The fourth-order valence-electron chi connectivity index (χ4n) is 1.78. The Kier molecular flexibility index (Phi) is 5.11. The van der Waals surface area contributed by atoms with Gasteiger partial charge in [0.25, 0.3) is 0 Å². The summed E-state index contributed by atoms with van der Waals surface area (Å²) in [5.74, 6) is -1.61. The lowest BCUT2D eigenvalue weighted by Gasteiger charge is -2.35. The molecule has 0 aromatic heterocycles. The zero-order valence-electron chi connectivity index (χ0n) is 9.65. The molecule has 0 bridgehead atoms. The molecule has 1 fully saturated rings. The van der Waals surface area contributed by atoms with E-state index in [1.807, 2.05) is 0 Å². The number of carbonyl (C=O) groups is 1. The van der Waals surface area contributed by atoms with Crippen LogP contribution in [0.4, 0.5) is 4.39 Å². The minimum atomic E-state index is -2.30. The minimum absolute atomic E-state index is 0.00579. The first-order valence-corrected chi connectivity index (χ1v) is 5.52. The first kappa shape index (κ1) is 13.3. The van der Waals surface area contributed by atoms with Crippen LogP contribution in [0.25, 0.3) is 0 Å². The van der Waals surface area contributed by atoms with Crippen molar-refractivity contribution in [2.75, 3.05) is 13.1 Å². The van der Waals surface area contributed by atoms with Crippen molar-refractivity contribution in [2.24, 2.45) is 0 Å². The zero-order chi connectivity index (χ0) is 12.1. The molecule has 0 aromatic rings. The van der Waals surface area contributed by atoms with Crippen LogP contribution in [0.15, 0.2) is 0 Å². The summed E-state index contributed by atoms with van der Waals surface area (Å²) in [5.41, 5.74) is 2.49. The summed E-state index contributed by atoms with van der Waals surface area (Å²) >= 11 is 0. The van der Waals surface area contributed by atoms with Crippen molar-refractivity contribution in [3.63, 3.8) is 0 Å². The van der Waals surface area contributed by atoms with E-state index in [1.165, 1.54) is 0 Å². The second kappa shape index (κ2) is 6.12. The second-order valence-electron chi connectivity index (χ2n) is 4.32. The van der Waals surface area contributed by atoms with Gasteiger partial charge in [-0.2, -0.15) is 5.48 Å². The van der Waals surface area contributed by atoms with Crippen molar-refractivity contribution in [3.05, 3.63) is 0 Å². The van der Waals surface area contributed by atoms with E-state index in [4.69, 9.17) is 5.11 Å². The molecule has 94 valence electrons. The maximum atomic E-state index is 12.6. The number of rotatable bonds is 5. The fraction of sp³-hybridized carbons (Fsp3) is 0.900. The van der Waals surface area contributed by atoms with Crippen LogP contribution in [-0.4, -0.2) is 47.5 Å². The summed E-state index contributed by atoms with van der Waals surface area (Å²) in [4.78, 5) is 16.9. The molecule has 2 atom stereocenters. The number of carboxylic acid groups (broad SMARTS) is 1. The molecule has 0 aromatic carbocycles. The largest absolute Gasteiger partial charge is 0.477 e. The highest BCUT2D eigenvalue weighted by molar-refractivity contribution is 5.70. The van der Waals surface area contributed by atoms with E-state index < -0.39 is 12.3 Å². The van der Waals surface area contributed by atoms with Crippen LogP contribution in [0.1, 0.15) is 26.7 Å². The molecule has 6 heteroatoms. The quantitative estimate of drug-likeness (QED) is 0.688. The third-order valence-electron chi connectivity index (χ3n) is 2.72. The van der Waals surface area contributed by atoms with Crippen molar-refractivity contribution in [1.29, 1.82) is 0 Å². The Bertz CT molecular complexity index is 238. The Hall–Kier alpha value is -0.720. The number of nitrogens with zero attached hydrogens (tertiary/aromatic N) is 1. The average Bonchev–Trinajstić information content (AvgIpc) is 2.26. The molecule has 0 radical (unpaired) electrons. The van der Waals surface area contributed by atoms with Crippen molar-refractivity contribution in [3.8, 4) is 0 Å². The Labute approximate surface area is 94.5 Å². The summed E-state index contributed by atoms with van der Waals surface area (Å²) in [6.07, 6.45) is -0.423. The zero-order valence-corrected chi connectivity index (χ0v) is 9.65. The third-order valence-corrected chi connectivity index (χ3v) is 2.72. The van der Waals surface area contributed by atoms with Crippen LogP contribution in [0.3, 0.4) is 0 Å². The minimum Gasteiger partial charge on any atom is -0.477 e. The Morgan fingerprint density at radius 2 is 2.31 bits per heavy atom. The first-order chi connectivity index (χ1) is 7.50. The summed E-state index contributed by atoms with van der Waals surface area (Å²) in [6.45, 7) is 5.97. The Morgan fingerprint density at radius 1 is 1.62 bits per heavy atom. The van der Waals surface area contributed by atoms with E-state index in [0.29, 0.717) is 6.04 Å². The van der Waals surface area contributed by atoms with Crippen molar-refractivity contribution in [2.45, 2.75) is 45.1 Å². The van der Waals surface area contributed by atoms with Gasteiger partial charge in [0, 0.05) is 18.6 Å². The topological polar surface area (TPSA) is 61.8 Å². The maximum Gasteiger partial charge on any atom is 0.367 e. The van der Waals surface area contributed by atoms with Crippen LogP contribution >= 0.6 is 0 Å². The SMILES string of the molecule is CC(C)N1CCCC(NOC(F)C(=O)O)C1. The van der Waals surface area contributed by atoms with Crippen LogP contribution in [0, 0.1) is 0 Å². The molecule has 16 heavy (non-hydrogen) atoms. The van der Waals surface area contributed by atoms with Gasteiger partial charge in [-0.05, 0) is 33.2 Å². The number of hydrogen-bond donors (Lipinski definition) is 2. The van der Waals surface area contributed by atoms with Gasteiger partial charge in [0.05, 0.1) is 0 Å². The normalized spacial score (nSPS) is 24.6. The molecule has 2 unspecified atom stereocenters. The maximum absolute atomic E-state index is 12.6. The number of nitrogens with one attached hydrogen (secondary N) is 1. The van der Waals surface area contributed by atoms with Crippen molar-refractivity contribution >= 4 is 5.97 Å². The smallest absolute Gasteiger partial charge is 0.367 e. The number of hydroxylamine groups is 1. The molecule has 5 nitrogen and oxygen atoms in total. The highest BCUT2D eigenvalue weighted by Gasteiger charge is 2.24. The van der Waals surface area contributed by atoms with Gasteiger partial charge in [0.1, 0.15) is 0 Å². The van der Waals surface area contributed by atoms with E-state index in [0.717, 1.165) is 25.9 Å². The van der Waals surface area contributed by atoms with Gasteiger partial charge >= 0.3 is 12.3 Å². The predicted octanol–water partition coefficient (Wildman–Crippen LogP) is 0.761. The second-order valence-corrected chi connectivity index (χ2v) is 4.32. The number of hydrogen-bond acceptors (Lipinski definition) is 4. The molecule has 1 aliphatic rings. The molecule has 0 aliphatic carbocycles. The molecule has 0 amide bonds. The summed E-state index contributed by atoms with van der Waals surface area (Å²) in [6, 6.07) is 0.430. The molecule has 1 saturated heterocycles. The van der Waals surface area contributed by atoms with Gasteiger partial charge in [-0.1, -0.05) is 0 Å². The molecule has 0 saturated carbocycles. The monoisotopic (exact) mass is 234 g/mol. The first-order valence-electron chi connectivity index (χ1n) is 5.52. The number of alkyl halides is 1. The van der Waals surface area contributed by atoms with Crippen LogP contribution < -0.4 is 5.48 Å².